The fraction of sp³-hybridized carbons (Fsp3) is 0.462. The summed E-state index contributed by atoms with van der Waals surface area (Å²) in [4.78, 5) is 12.2. The molecule has 106 valence electrons. The van der Waals surface area contributed by atoms with Crippen molar-refractivity contribution in [2.45, 2.75) is 24.2 Å². The van der Waals surface area contributed by atoms with E-state index in [1.165, 1.54) is 0 Å². The maximum absolute atomic E-state index is 11.9. The summed E-state index contributed by atoms with van der Waals surface area (Å²) >= 11 is 3.34. The summed E-state index contributed by atoms with van der Waals surface area (Å²) in [5.41, 5.74) is 5.33. The third kappa shape index (κ3) is 6.84. The summed E-state index contributed by atoms with van der Waals surface area (Å²) in [6.45, 7) is 1.19. The number of nitrogens with two attached hydrogens (primary N) is 1. The molecular weight excluding hydrogens is 328 g/mol. The van der Waals surface area contributed by atoms with E-state index in [1.807, 2.05) is 24.3 Å². The van der Waals surface area contributed by atoms with E-state index in [0.717, 1.165) is 15.8 Å². The van der Waals surface area contributed by atoms with Gasteiger partial charge in [0.1, 0.15) is 0 Å². The van der Waals surface area contributed by atoms with Gasteiger partial charge in [0.2, 0.25) is 5.91 Å². The second-order valence-corrected chi connectivity index (χ2v) is 6.59. The molecule has 3 N–H and O–H groups in total. The zero-order valence-electron chi connectivity index (χ0n) is 10.7. The Morgan fingerprint density at radius 2 is 1.95 bits per heavy atom. The van der Waals surface area contributed by atoms with Gasteiger partial charge in [0, 0.05) is 28.1 Å². The van der Waals surface area contributed by atoms with Crippen molar-refractivity contribution in [2.24, 2.45) is 5.73 Å². The summed E-state index contributed by atoms with van der Waals surface area (Å²) in [5.74, 6) is 0.507. The molecule has 0 spiro atoms. The molecule has 1 atom stereocenters. The summed E-state index contributed by atoms with van der Waals surface area (Å²) in [7, 11) is -1.04. The number of halogens is 1. The van der Waals surface area contributed by atoms with Gasteiger partial charge in [0.25, 0.3) is 0 Å². The second kappa shape index (κ2) is 9.23. The number of amides is 1. The van der Waals surface area contributed by atoms with Gasteiger partial charge in [-0.25, -0.2) is 0 Å². The largest absolute Gasteiger partial charge is 0.356 e. The van der Waals surface area contributed by atoms with Gasteiger partial charge in [-0.2, -0.15) is 0 Å². The maximum atomic E-state index is 11.9. The lowest BCUT2D eigenvalue weighted by molar-refractivity contribution is -0.121. The highest BCUT2D eigenvalue weighted by Gasteiger charge is 2.06. The van der Waals surface area contributed by atoms with E-state index in [0.29, 0.717) is 31.7 Å². The standard InChI is InChI=1S/C13H19BrN2O2S/c14-11-4-6-12(7-5-11)19(18)10-1-3-13(17)16-9-2-8-15/h4-7H,1-3,8-10,15H2,(H,16,17). The number of hydrogen-bond acceptors (Lipinski definition) is 3. The first-order valence-corrected chi connectivity index (χ1v) is 8.35. The van der Waals surface area contributed by atoms with Crippen LogP contribution in [0.2, 0.25) is 0 Å². The number of carbonyl (C=O) groups excluding carboxylic acids is 1. The Kier molecular flexibility index (Phi) is 7.93. The van der Waals surface area contributed by atoms with Crippen molar-refractivity contribution in [2.75, 3.05) is 18.8 Å². The van der Waals surface area contributed by atoms with Crippen LogP contribution < -0.4 is 11.1 Å². The number of nitrogens with one attached hydrogen (secondary N) is 1. The fourth-order valence-corrected chi connectivity index (χ4v) is 2.83. The molecule has 0 aromatic heterocycles. The van der Waals surface area contributed by atoms with E-state index >= 15 is 0 Å². The van der Waals surface area contributed by atoms with Crippen LogP contribution in [0.1, 0.15) is 19.3 Å². The lowest BCUT2D eigenvalue weighted by Gasteiger charge is -2.04. The summed E-state index contributed by atoms with van der Waals surface area (Å²) in [6, 6.07) is 7.41. The van der Waals surface area contributed by atoms with Gasteiger partial charge in [-0.05, 0) is 43.7 Å². The second-order valence-electron chi connectivity index (χ2n) is 4.10. The Labute approximate surface area is 124 Å². The molecule has 6 heteroatoms. The van der Waals surface area contributed by atoms with Crippen molar-refractivity contribution in [3.63, 3.8) is 0 Å². The van der Waals surface area contributed by atoms with Gasteiger partial charge in [-0.1, -0.05) is 15.9 Å². The molecule has 19 heavy (non-hydrogen) atoms. The summed E-state index contributed by atoms with van der Waals surface area (Å²) < 4.78 is 12.9. The fourth-order valence-electron chi connectivity index (χ4n) is 1.49. The van der Waals surface area contributed by atoms with E-state index in [-0.39, 0.29) is 5.91 Å². The lowest BCUT2D eigenvalue weighted by Crippen LogP contribution is -2.25. The van der Waals surface area contributed by atoms with Crippen LogP contribution in [-0.4, -0.2) is 29.0 Å². The lowest BCUT2D eigenvalue weighted by atomic mass is 10.3. The molecule has 1 aromatic carbocycles. The molecule has 0 saturated heterocycles. The van der Waals surface area contributed by atoms with Crippen LogP contribution in [-0.2, 0) is 15.6 Å². The van der Waals surface area contributed by atoms with E-state index in [9.17, 15) is 9.00 Å². The molecule has 1 unspecified atom stereocenters. The van der Waals surface area contributed by atoms with Gasteiger partial charge >= 0.3 is 0 Å². The van der Waals surface area contributed by atoms with Crippen LogP contribution in [0.5, 0.6) is 0 Å². The van der Waals surface area contributed by atoms with Crippen LogP contribution in [0, 0.1) is 0 Å². The van der Waals surface area contributed by atoms with Crippen LogP contribution >= 0.6 is 15.9 Å². The average molecular weight is 347 g/mol. The number of rotatable bonds is 8. The minimum atomic E-state index is -1.04. The van der Waals surface area contributed by atoms with E-state index in [4.69, 9.17) is 5.73 Å². The van der Waals surface area contributed by atoms with Crippen molar-refractivity contribution in [3.05, 3.63) is 28.7 Å². The normalized spacial score (nSPS) is 12.1. The Balaban J connectivity index is 2.23. The molecule has 0 radical (unpaired) electrons. The Morgan fingerprint density at radius 1 is 1.26 bits per heavy atom. The Bertz CT molecular complexity index is 423. The SMILES string of the molecule is NCCCNC(=O)CCCS(=O)c1ccc(Br)cc1. The average Bonchev–Trinajstić information content (AvgIpc) is 2.39. The number of hydrogen-bond donors (Lipinski definition) is 2. The molecule has 0 bridgehead atoms. The van der Waals surface area contributed by atoms with Crippen LogP contribution in [0.3, 0.4) is 0 Å². The molecule has 1 amide bonds. The highest BCUT2D eigenvalue weighted by Crippen LogP contribution is 2.14. The van der Waals surface area contributed by atoms with Gasteiger partial charge in [-0.3, -0.25) is 9.00 Å². The van der Waals surface area contributed by atoms with Crippen molar-refractivity contribution in [3.8, 4) is 0 Å². The third-order valence-corrected chi connectivity index (χ3v) is 4.50. The highest BCUT2D eigenvalue weighted by atomic mass is 79.9. The minimum Gasteiger partial charge on any atom is -0.356 e. The van der Waals surface area contributed by atoms with E-state index < -0.39 is 10.8 Å². The van der Waals surface area contributed by atoms with Crippen molar-refractivity contribution >= 4 is 32.6 Å². The minimum absolute atomic E-state index is 0.00116. The Hall–Kier alpha value is -0.720. The van der Waals surface area contributed by atoms with Crippen LogP contribution in [0.4, 0.5) is 0 Å². The zero-order chi connectivity index (χ0) is 14.1. The molecule has 4 nitrogen and oxygen atoms in total. The molecular formula is C13H19BrN2O2S. The summed E-state index contributed by atoms with van der Waals surface area (Å²) in [5, 5.41) is 2.78. The van der Waals surface area contributed by atoms with Crippen LogP contribution in [0.25, 0.3) is 0 Å². The molecule has 0 aliphatic heterocycles. The van der Waals surface area contributed by atoms with Gasteiger partial charge in [-0.15, -0.1) is 0 Å². The molecule has 0 aliphatic carbocycles. The topological polar surface area (TPSA) is 72.2 Å². The maximum Gasteiger partial charge on any atom is 0.220 e. The third-order valence-electron chi connectivity index (χ3n) is 2.51. The highest BCUT2D eigenvalue weighted by molar-refractivity contribution is 9.10. The molecule has 1 aromatic rings. The first-order chi connectivity index (χ1) is 9.13. The van der Waals surface area contributed by atoms with Gasteiger partial charge < -0.3 is 11.1 Å². The predicted molar refractivity (Wildman–Crippen MR) is 81.3 cm³/mol. The van der Waals surface area contributed by atoms with Crippen molar-refractivity contribution in [1.82, 2.24) is 5.32 Å². The smallest absolute Gasteiger partial charge is 0.220 e. The summed E-state index contributed by atoms with van der Waals surface area (Å²) in [6.07, 6.45) is 1.82. The quantitative estimate of drug-likeness (QED) is 0.705. The molecule has 0 heterocycles. The van der Waals surface area contributed by atoms with Gasteiger partial charge in [0.05, 0.1) is 10.8 Å². The number of benzene rings is 1. The van der Waals surface area contributed by atoms with Gasteiger partial charge in [0.15, 0.2) is 0 Å². The predicted octanol–water partition coefficient (Wildman–Crippen LogP) is 1.80. The number of carbonyl (C=O) groups is 1. The van der Waals surface area contributed by atoms with E-state index in [2.05, 4.69) is 21.2 Å². The first kappa shape index (κ1) is 16.3. The van der Waals surface area contributed by atoms with Crippen LogP contribution in [0.15, 0.2) is 33.6 Å². The molecule has 0 aliphatic rings. The molecule has 1 rings (SSSR count). The molecule has 0 saturated carbocycles. The van der Waals surface area contributed by atoms with E-state index in [1.54, 1.807) is 0 Å². The zero-order valence-corrected chi connectivity index (χ0v) is 13.1. The molecule has 0 fully saturated rings. The monoisotopic (exact) mass is 346 g/mol. The first-order valence-electron chi connectivity index (χ1n) is 6.24. The Morgan fingerprint density at radius 3 is 2.58 bits per heavy atom. The van der Waals surface area contributed by atoms with Crippen molar-refractivity contribution in [1.29, 1.82) is 0 Å². The van der Waals surface area contributed by atoms with Crippen molar-refractivity contribution < 1.29 is 9.00 Å².